The van der Waals surface area contributed by atoms with Crippen LogP contribution in [0, 0.1) is 27.6 Å². The topological polar surface area (TPSA) is 90.6 Å². The van der Waals surface area contributed by atoms with Crippen LogP contribution in [-0.4, -0.2) is 49.3 Å². The van der Waals surface area contributed by atoms with Gasteiger partial charge in [-0.3, -0.25) is 4.57 Å². The van der Waals surface area contributed by atoms with Crippen LogP contribution in [0.2, 0.25) is 0 Å². The van der Waals surface area contributed by atoms with Gasteiger partial charge < -0.3 is 25.0 Å². The molecule has 2 heterocycles. The van der Waals surface area contributed by atoms with Crippen LogP contribution in [0.4, 0.5) is 4.39 Å². The van der Waals surface area contributed by atoms with Crippen LogP contribution in [0.3, 0.4) is 0 Å². The van der Waals surface area contributed by atoms with Gasteiger partial charge in [-0.1, -0.05) is 18.1 Å². The van der Waals surface area contributed by atoms with E-state index in [0.29, 0.717) is 0 Å². The zero-order valence-electron chi connectivity index (χ0n) is 9.99. The van der Waals surface area contributed by atoms with E-state index in [-0.39, 0.29) is 9.41 Å². The second-order valence-electron chi connectivity index (χ2n) is 4.27. The van der Waals surface area contributed by atoms with Crippen LogP contribution >= 0.6 is 24.4 Å². The fourth-order valence-electron chi connectivity index (χ4n) is 1.99. The molecule has 4 unspecified atom stereocenters. The highest BCUT2D eigenvalue weighted by Crippen LogP contribution is 2.38. The highest BCUT2D eigenvalue weighted by Gasteiger charge is 2.55. The summed E-state index contributed by atoms with van der Waals surface area (Å²) in [5, 5.41) is 29.3. The summed E-state index contributed by atoms with van der Waals surface area (Å²) in [5.74, 6) is 1.21. The lowest BCUT2D eigenvalue weighted by Gasteiger charge is -2.27. The van der Waals surface area contributed by atoms with Crippen molar-refractivity contribution in [3.63, 3.8) is 0 Å². The highest BCUT2D eigenvalue weighted by molar-refractivity contribution is 7.72. The first kappa shape index (κ1) is 15.2. The van der Waals surface area contributed by atoms with Crippen molar-refractivity contribution in [3.05, 3.63) is 21.4 Å². The zero-order chi connectivity index (χ0) is 15.1. The molecule has 1 saturated heterocycles. The number of aromatic nitrogens is 2. The molecule has 1 aromatic rings. The smallest absolute Gasteiger partial charge is 0.199 e. The summed E-state index contributed by atoms with van der Waals surface area (Å²) in [7, 11) is 0. The Morgan fingerprint density at radius 1 is 1.60 bits per heavy atom. The average molecular weight is 318 g/mol. The Labute approximate surface area is 123 Å². The molecule has 0 radical (unpaired) electrons. The van der Waals surface area contributed by atoms with E-state index in [1.165, 1.54) is 0 Å². The molecule has 1 aliphatic rings. The summed E-state index contributed by atoms with van der Waals surface area (Å²) < 4.78 is 19.6. The summed E-state index contributed by atoms with van der Waals surface area (Å²) in [4.78, 5) is 2.41. The Morgan fingerprint density at radius 2 is 2.25 bits per heavy atom. The Bertz CT molecular complexity index is 682. The van der Waals surface area contributed by atoms with Gasteiger partial charge in [0.05, 0.1) is 6.61 Å². The number of nitrogens with one attached hydrogen (secondary N) is 1. The third kappa shape index (κ3) is 2.20. The Balaban J connectivity index is 2.58. The molecule has 9 heteroatoms. The number of terminal acetylenes is 1. The van der Waals surface area contributed by atoms with Gasteiger partial charge in [0.25, 0.3) is 0 Å². The summed E-state index contributed by atoms with van der Waals surface area (Å²) in [6, 6.07) is 0. The molecule has 0 amide bonds. The zero-order valence-corrected chi connectivity index (χ0v) is 11.6. The van der Waals surface area contributed by atoms with Crippen molar-refractivity contribution >= 4 is 24.4 Å². The number of ether oxygens (including phenoxy) is 1. The molecular formula is C11H11FN2O4S2. The van der Waals surface area contributed by atoms with Crippen molar-refractivity contribution in [2.45, 2.75) is 24.0 Å². The van der Waals surface area contributed by atoms with Crippen molar-refractivity contribution in [3.8, 4) is 12.3 Å². The molecule has 0 aromatic carbocycles. The fourth-order valence-corrected chi connectivity index (χ4v) is 2.45. The Morgan fingerprint density at radius 3 is 2.80 bits per heavy atom. The number of hydrogen-bond acceptors (Lipinski definition) is 6. The minimum Gasteiger partial charge on any atom is -0.394 e. The van der Waals surface area contributed by atoms with Gasteiger partial charge >= 0.3 is 0 Å². The number of nitrogens with zero attached hydrogens (tertiary/aromatic N) is 1. The van der Waals surface area contributed by atoms with Gasteiger partial charge in [-0.25, -0.2) is 4.39 Å². The maximum Gasteiger partial charge on any atom is 0.199 e. The molecule has 1 fully saturated rings. The minimum atomic E-state index is -2.16. The number of halogens is 1. The third-order valence-electron chi connectivity index (χ3n) is 3.07. The van der Waals surface area contributed by atoms with Crippen molar-refractivity contribution < 1.29 is 24.4 Å². The van der Waals surface area contributed by atoms with Crippen molar-refractivity contribution in [2.75, 3.05) is 6.61 Å². The van der Waals surface area contributed by atoms with Gasteiger partial charge in [-0.15, -0.1) is 6.42 Å². The van der Waals surface area contributed by atoms with E-state index in [2.05, 4.69) is 17.2 Å². The molecule has 4 N–H and O–H groups in total. The summed E-state index contributed by atoms with van der Waals surface area (Å²) >= 11 is 9.66. The lowest BCUT2D eigenvalue weighted by atomic mass is 9.95. The van der Waals surface area contributed by atoms with Crippen molar-refractivity contribution in [2.24, 2.45) is 0 Å². The molecule has 20 heavy (non-hydrogen) atoms. The molecule has 6 nitrogen and oxygen atoms in total. The van der Waals surface area contributed by atoms with Crippen LogP contribution < -0.4 is 0 Å². The second-order valence-corrected chi connectivity index (χ2v) is 5.06. The minimum absolute atomic E-state index is 0.0409. The first-order chi connectivity index (χ1) is 9.35. The first-order valence-corrected chi connectivity index (χ1v) is 6.32. The predicted molar refractivity (Wildman–Crippen MR) is 71.2 cm³/mol. The van der Waals surface area contributed by atoms with E-state index in [1.807, 2.05) is 5.92 Å². The van der Waals surface area contributed by atoms with Gasteiger partial charge in [0.2, 0.25) is 0 Å². The van der Waals surface area contributed by atoms with Gasteiger partial charge in [0, 0.05) is 6.20 Å². The largest absolute Gasteiger partial charge is 0.394 e. The fraction of sp³-hybridized carbons (Fsp3) is 0.455. The molecule has 0 saturated carbocycles. The van der Waals surface area contributed by atoms with E-state index >= 15 is 0 Å². The van der Waals surface area contributed by atoms with E-state index in [4.69, 9.17) is 28.5 Å². The van der Waals surface area contributed by atoms with E-state index in [9.17, 15) is 14.6 Å². The van der Waals surface area contributed by atoms with Crippen LogP contribution in [0.1, 0.15) is 6.23 Å². The molecule has 1 aromatic heterocycles. The second kappa shape index (κ2) is 5.33. The number of aromatic amines is 1. The lowest BCUT2D eigenvalue weighted by Crippen LogP contribution is -2.46. The number of H-pyrrole nitrogens is 1. The molecule has 0 bridgehead atoms. The van der Waals surface area contributed by atoms with Crippen LogP contribution in [0.15, 0.2) is 6.20 Å². The van der Waals surface area contributed by atoms with Crippen LogP contribution in [0.5, 0.6) is 0 Å². The molecule has 0 aliphatic carbocycles. The molecule has 108 valence electrons. The lowest BCUT2D eigenvalue weighted by molar-refractivity contribution is -0.0758. The molecule has 1 aliphatic heterocycles. The normalized spacial score (nSPS) is 33.0. The Kier molecular flexibility index (Phi) is 4.06. The van der Waals surface area contributed by atoms with Crippen LogP contribution in [-0.2, 0) is 4.74 Å². The molecule has 4 atom stereocenters. The third-order valence-corrected chi connectivity index (χ3v) is 3.68. The summed E-state index contributed by atoms with van der Waals surface area (Å²) in [6.07, 6.45) is 2.13. The van der Waals surface area contributed by atoms with Gasteiger partial charge in [0.15, 0.2) is 22.4 Å². The standard InChI is InChI=1S/C11H11FN2O4S2/c1-2-11(17)7(16)6(4-15)18-9(11)14-3-5(12)8(19)13-10(14)20/h1,3,6-7,9,15-17H,4H2,(H,13,19,20). The van der Waals surface area contributed by atoms with Gasteiger partial charge in [-0.2, -0.15) is 0 Å². The predicted octanol–water partition coefficient (Wildman–Crippen LogP) is 0.0292. The maximum absolute atomic E-state index is 13.5. The van der Waals surface area contributed by atoms with Crippen LogP contribution in [0.25, 0.3) is 0 Å². The number of hydrogen-bond donors (Lipinski definition) is 4. The molecule has 0 spiro atoms. The van der Waals surface area contributed by atoms with Crippen molar-refractivity contribution in [1.29, 1.82) is 0 Å². The number of aliphatic hydroxyl groups is 3. The van der Waals surface area contributed by atoms with Crippen molar-refractivity contribution in [1.82, 2.24) is 9.55 Å². The average Bonchev–Trinajstić information content (AvgIpc) is 2.67. The highest BCUT2D eigenvalue weighted by atomic mass is 32.1. The van der Waals surface area contributed by atoms with Gasteiger partial charge in [0.1, 0.15) is 16.8 Å². The quantitative estimate of drug-likeness (QED) is 0.454. The molecule has 2 rings (SSSR count). The maximum atomic E-state index is 13.5. The number of rotatable bonds is 2. The van der Waals surface area contributed by atoms with E-state index < -0.39 is 36.5 Å². The molecular weight excluding hydrogens is 307 g/mol. The van der Waals surface area contributed by atoms with E-state index in [1.54, 1.807) is 0 Å². The monoisotopic (exact) mass is 318 g/mol. The SMILES string of the molecule is C#CC1(O)C(O)C(CO)OC1n1cc(F)c(=S)[nH]c1=S. The van der Waals surface area contributed by atoms with E-state index in [0.717, 1.165) is 10.8 Å². The summed E-state index contributed by atoms with van der Waals surface area (Å²) in [5.41, 5.74) is -2.16. The number of aliphatic hydroxyl groups excluding tert-OH is 2. The Hall–Kier alpha value is -1.15. The van der Waals surface area contributed by atoms with Gasteiger partial charge in [-0.05, 0) is 12.2 Å². The summed E-state index contributed by atoms with van der Waals surface area (Å²) in [6.45, 7) is -0.569. The first-order valence-electron chi connectivity index (χ1n) is 5.50.